The van der Waals surface area contributed by atoms with E-state index >= 15 is 0 Å². The van der Waals surface area contributed by atoms with Gasteiger partial charge in [0.1, 0.15) is 12.6 Å². The number of carboxylic acids is 1. The van der Waals surface area contributed by atoms with Crippen molar-refractivity contribution in [2.45, 2.75) is 0 Å². The van der Waals surface area contributed by atoms with E-state index in [4.69, 9.17) is 16.8 Å². The van der Waals surface area contributed by atoms with E-state index in [1.54, 1.807) is 0 Å². The summed E-state index contributed by atoms with van der Waals surface area (Å²) in [6.07, 6.45) is 7.85. The molecule has 0 spiro atoms. The van der Waals surface area contributed by atoms with Gasteiger partial charge in [-0.3, -0.25) is 4.79 Å². The van der Waals surface area contributed by atoms with Crippen LogP contribution in [0.25, 0.3) is 0 Å². The molecule has 1 aromatic rings. The Morgan fingerprint density at radius 2 is 2.25 bits per heavy atom. The van der Waals surface area contributed by atoms with Crippen molar-refractivity contribution >= 4 is 11.8 Å². The van der Waals surface area contributed by atoms with Gasteiger partial charge >= 0.3 is 5.97 Å². The molecule has 1 N–H and O–H groups in total. The molecular formula is C10H8N4O2. The molecule has 80 valence electrons. The van der Waals surface area contributed by atoms with Crippen LogP contribution in [0.5, 0.6) is 0 Å². The Hall–Kier alpha value is -2.60. The van der Waals surface area contributed by atoms with Crippen molar-refractivity contribution in [1.29, 1.82) is 5.26 Å². The van der Waals surface area contributed by atoms with Gasteiger partial charge in [-0.2, -0.15) is 5.26 Å². The van der Waals surface area contributed by atoms with Crippen molar-refractivity contribution in [2.75, 3.05) is 18.0 Å². The second-order valence-electron chi connectivity index (χ2n) is 2.79. The van der Waals surface area contributed by atoms with E-state index in [-0.39, 0.29) is 24.6 Å². The minimum Gasteiger partial charge on any atom is -0.480 e. The molecule has 1 heterocycles. The second kappa shape index (κ2) is 5.32. The van der Waals surface area contributed by atoms with Crippen LogP contribution in [0.3, 0.4) is 0 Å². The summed E-state index contributed by atoms with van der Waals surface area (Å²) in [7, 11) is 0. The van der Waals surface area contributed by atoms with Gasteiger partial charge < -0.3 is 10.0 Å². The number of carbonyl (C=O) groups is 1. The maximum atomic E-state index is 10.6. The van der Waals surface area contributed by atoms with Crippen molar-refractivity contribution in [3.05, 3.63) is 18.1 Å². The van der Waals surface area contributed by atoms with Gasteiger partial charge in [0.05, 0.1) is 6.54 Å². The van der Waals surface area contributed by atoms with Crippen molar-refractivity contribution in [1.82, 2.24) is 9.97 Å². The number of carboxylic acid groups (broad SMARTS) is 1. The largest absolute Gasteiger partial charge is 0.480 e. The third-order valence-corrected chi connectivity index (χ3v) is 1.69. The fraction of sp³-hybridized carbons (Fsp3) is 0.200. The standard InChI is InChI=1S/C10H8N4O2/c1-2-5-14(7-9(15)16)10-8(6-11)12-3-4-13-10/h1,3-4H,5,7H2,(H,15,16). The van der Waals surface area contributed by atoms with Crippen LogP contribution in [0, 0.1) is 23.7 Å². The first-order chi connectivity index (χ1) is 7.69. The number of anilines is 1. The lowest BCUT2D eigenvalue weighted by atomic mass is 10.3. The quantitative estimate of drug-likeness (QED) is 0.705. The second-order valence-corrected chi connectivity index (χ2v) is 2.79. The fourth-order valence-electron chi connectivity index (χ4n) is 1.12. The zero-order chi connectivity index (χ0) is 12.0. The lowest BCUT2D eigenvalue weighted by Gasteiger charge is -2.18. The minimum atomic E-state index is -1.05. The van der Waals surface area contributed by atoms with Crippen LogP contribution in [0.1, 0.15) is 5.69 Å². The Labute approximate surface area is 92.2 Å². The molecule has 0 aliphatic heterocycles. The molecule has 0 amide bonds. The Morgan fingerprint density at radius 1 is 1.56 bits per heavy atom. The van der Waals surface area contributed by atoms with Gasteiger partial charge in [0.15, 0.2) is 11.5 Å². The molecule has 0 aliphatic carbocycles. The highest BCUT2D eigenvalue weighted by molar-refractivity contribution is 5.74. The first-order valence-corrected chi connectivity index (χ1v) is 4.30. The topological polar surface area (TPSA) is 90.1 Å². The van der Waals surface area contributed by atoms with Gasteiger partial charge in [0.25, 0.3) is 0 Å². The Bertz CT molecular complexity index is 472. The first kappa shape index (κ1) is 11.5. The monoisotopic (exact) mass is 216 g/mol. The average molecular weight is 216 g/mol. The van der Waals surface area contributed by atoms with Crippen LogP contribution < -0.4 is 4.90 Å². The van der Waals surface area contributed by atoms with Crippen molar-refractivity contribution in [3.8, 4) is 18.4 Å². The molecule has 0 atom stereocenters. The van der Waals surface area contributed by atoms with E-state index in [1.807, 2.05) is 6.07 Å². The zero-order valence-corrected chi connectivity index (χ0v) is 8.29. The number of aliphatic carboxylic acids is 1. The van der Waals surface area contributed by atoms with Gasteiger partial charge in [0, 0.05) is 12.4 Å². The van der Waals surface area contributed by atoms with E-state index in [2.05, 4.69) is 15.9 Å². The number of hydrogen-bond donors (Lipinski definition) is 1. The molecule has 0 fully saturated rings. The highest BCUT2D eigenvalue weighted by atomic mass is 16.4. The van der Waals surface area contributed by atoms with Gasteiger partial charge in [-0.1, -0.05) is 5.92 Å². The van der Waals surface area contributed by atoms with Gasteiger partial charge in [-0.05, 0) is 0 Å². The molecule has 0 unspecified atom stereocenters. The minimum absolute atomic E-state index is 0.0546. The highest BCUT2D eigenvalue weighted by Crippen LogP contribution is 2.12. The van der Waals surface area contributed by atoms with Crippen molar-refractivity contribution in [2.24, 2.45) is 0 Å². The van der Waals surface area contributed by atoms with Crippen LogP contribution >= 0.6 is 0 Å². The van der Waals surface area contributed by atoms with E-state index in [9.17, 15) is 4.79 Å². The van der Waals surface area contributed by atoms with Gasteiger partial charge in [0.2, 0.25) is 0 Å². The van der Waals surface area contributed by atoms with E-state index < -0.39 is 5.97 Å². The molecule has 0 saturated carbocycles. The lowest BCUT2D eigenvalue weighted by molar-refractivity contribution is -0.135. The summed E-state index contributed by atoms with van der Waals surface area (Å²) in [5.74, 6) is 1.44. The molecule has 0 saturated heterocycles. The summed E-state index contributed by atoms with van der Waals surface area (Å²) in [6, 6.07) is 1.83. The summed E-state index contributed by atoms with van der Waals surface area (Å²) in [4.78, 5) is 19.6. The first-order valence-electron chi connectivity index (χ1n) is 4.30. The third kappa shape index (κ3) is 2.69. The van der Waals surface area contributed by atoms with E-state index in [0.717, 1.165) is 0 Å². The third-order valence-electron chi connectivity index (χ3n) is 1.69. The molecule has 1 rings (SSSR count). The van der Waals surface area contributed by atoms with Crippen LogP contribution in [0.2, 0.25) is 0 Å². The summed E-state index contributed by atoms with van der Waals surface area (Å²) < 4.78 is 0. The number of nitriles is 1. The molecule has 0 aliphatic rings. The van der Waals surface area contributed by atoms with Crippen LogP contribution in [-0.4, -0.2) is 34.1 Å². The molecule has 16 heavy (non-hydrogen) atoms. The molecule has 6 heteroatoms. The number of hydrogen-bond acceptors (Lipinski definition) is 5. The summed E-state index contributed by atoms with van der Waals surface area (Å²) in [6.45, 7) is -0.267. The molecular weight excluding hydrogens is 208 g/mol. The zero-order valence-electron chi connectivity index (χ0n) is 8.29. The Balaban J connectivity index is 3.06. The van der Waals surface area contributed by atoms with Crippen LogP contribution in [0.4, 0.5) is 5.82 Å². The average Bonchev–Trinajstić information content (AvgIpc) is 2.28. The Morgan fingerprint density at radius 3 is 2.81 bits per heavy atom. The number of nitrogens with zero attached hydrogens (tertiary/aromatic N) is 4. The highest BCUT2D eigenvalue weighted by Gasteiger charge is 2.15. The molecule has 0 bridgehead atoms. The van der Waals surface area contributed by atoms with Crippen molar-refractivity contribution < 1.29 is 9.90 Å². The maximum absolute atomic E-state index is 10.6. The predicted octanol–water partition coefficient (Wildman–Crippen LogP) is -0.128. The maximum Gasteiger partial charge on any atom is 0.323 e. The van der Waals surface area contributed by atoms with Gasteiger partial charge in [-0.25, -0.2) is 9.97 Å². The fourth-order valence-corrected chi connectivity index (χ4v) is 1.12. The summed E-state index contributed by atoms with van der Waals surface area (Å²) in [5.41, 5.74) is 0.0546. The normalized spacial score (nSPS) is 8.88. The molecule has 6 nitrogen and oxygen atoms in total. The smallest absolute Gasteiger partial charge is 0.323 e. The summed E-state index contributed by atoms with van der Waals surface area (Å²) >= 11 is 0. The molecule has 0 radical (unpaired) electrons. The van der Waals surface area contributed by atoms with E-state index in [1.165, 1.54) is 17.3 Å². The van der Waals surface area contributed by atoms with Crippen molar-refractivity contribution in [3.63, 3.8) is 0 Å². The SMILES string of the molecule is C#CCN(CC(=O)O)c1nccnc1C#N. The molecule has 0 aromatic carbocycles. The van der Waals surface area contributed by atoms with E-state index in [0.29, 0.717) is 0 Å². The number of rotatable bonds is 4. The lowest BCUT2D eigenvalue weighted by Crippen LogP contribution is -2.31. The predicted molar refractivity (Wildman–Crippen MR) is 55.4 cm³/mol. The summed E-state index contributed by atoms with van der Waals surface area (Å²) in [5, 5.41) is 17.5. The number of aromatic nitrogens is 2. The van der Waals surface area contributed by atoms with Crippen LogP contribution in [0.15, 0.2) is 12.4 Å². The Kier molecular flexibility index (Phi) is 3.82. The van der Waals surface area contributed by atoms with Gasteiger partial charge in [-0.15, -0.1) is 6.42 Å². The molecule has 1 aromatic heterocycles. The van der Waals surface area contributed by atoms with Crippen LogP contribution in [-0.2, 0) is 4.79 Å². The number of terminal acetylenes is 1.